The lowest BCUT2D eigenvalue weighted by Gasteiger charge is -2.56. The molecule has 0 saturated heterocycles. The average Bonchev–Trinajstić information content (AvgIpc) is 2.95. The minimum absolute atomic E-state index is 0.00991. The molecule has 0 radical (unpaired) electrons. The van der Waals surface area contributed by atoms with Crippen molar-refractivity contribution in [1.29, 1.82) is 0 Å². The fraction of sp³-hybridized carbons (Fsp3) is 0.500. The first-order valence-electron chi connectivity index (χ1n) is 9.23. The zero-order valence-electron chi connectivity index (χ0n) is 14.1. The smallest absolute Gasteiger partial charge is 0.256 e. The van der Waals surface area contributed by atoms with Crippen LogP contribution in [0.1, 0.15) is 48.9 Å². The van der Waals surface area contributed by atoms with Gasteiger partial charge in [-0.15, -0.1) is 0 Å². The van der Waals surface area contributed by atoms with E-state index in [1.165, 1.54) is 19.3 Å². The molecule has 1 heterocycles. The molecule has 1 aromatic carbocycles. The van der Waals surface area contributed by atoms with Crippen LogP contribution in [0.2, 0.25) is 5.15 Å². The molecule has 4 aliphatic rings. The Morgan fingerprint density at radius 3 is 2.28 bits per heavy atom. The summed E-state index contributed by atoms with van der Waals surface area (Å²) in [5, 5.41) is 8.08. The number of halogens is 1. The minimum atomic E-state index is -0.0749. The molecule has 1 N–H and O–H groups in total. The molecule has 0 spiro atoms. The van der Waals surface area contributed by atoms with Crippen molar-refractivity contribution in [3.63, 3.8) is 0 Å². The van der Waals surface area contributed by atoms with Crippen LogP contribution in [0.3, 0.4) is 0 Å². The summed E-state index contributed by atoms with van der Waals surface area (Å²) in [6.07, 6.45) is 9.08. The molecule has 4 saturated carbocycles. The van der Waals surface area contributed by atoms with Gasteiger partial charge in [-0.1, -0.05) is 29.8 Å². The topological polar surface area (TPSA) is 46.9 Å². The number of carbonyl (C=O) groups excluding carboxylic acids is 1. The van der Waals surface area contributed by atoms with Crippen molar-refractivity contribution in [1.82, 2.24) is 15.1 Å². The maximum atomic E-state index is 12.9. The van der Waals surface area contributed by atoms with Crippen LogP contribution in [0, 0.1) is 17.8 Å². The van der Waals surface area contributed by atoms with Crippen LogP contribution in [-0.2, 0) is 0 Å². The van der Waals surface area contributed by atoms with Gasteiger partial charge in [-0.05, 0) is 68.4 Å². The Kier molecular flexibility index (Phi) is 3.46. The second-order valence-electron chi connectivity index (χ2n) is 8.25. The second-order valence-corrected chi connectivity index (χ2v) is 8.61. The molecule has 4 nitrogen and oxygen atoms in total. The highest BCUT2D eigenvalue weighted by molar-refractivity contribution is 6.33. The highest BCUT2D eigenvalue weighted by Gasteiger charge is 2.51. The first-order valence-corrected chi connectivity index (χ1v) is 9.61. The van der Waals surface area contributed by atoms with Crippen LogP contribution < -0.4 is 5.32 Å². The number of para-hydroxylation sites is 1. The van der Waals surface area contributed by atoms with Crippen molar-refractivity contribution in [2.24, 2.45) is 17.8 Å². The van der Waals surface area contributed by atoms with Gasteiger partial charge in [0.2, 0.25) is 0 Å². The maximum Gasteiger partial charge on any atom is 0.256 e. The fourth-order valence-electron chi connectivity index (χ4n) is 5.81. The van der Waals surface area contributed by atoms with Gasteiger partial charge in [0.15, 0.2) is 0 Å². The molecule has 0 unspecified atom stereocenters. The Bertz CT molecular complexity index is 778. The third-order valence-electron chi connectivity index (χ3n) is 6.37. The first kappa shape index (κ1) is 15.4. The van der Waals surface area contributed by atoms with Crippen LogP contribution in [0.15, 0.2) is 36.5 Å². The number of aromatic nitrogens is 2. The van der Waals surface area contributed by atoms with Gasteiger partial charge in [-0.3, -0.25) is 4.79 Å². The minimum Gasteiger partial charge on any atom is -0.346 e. The fourth-order valence-corrected chi connectivity index (χ4v) is 6.08. The Hall–Kier alpha value is -1.81. The lowest BCUT2D eigenvalue weighted by molar-refractivity contribution is -0.0166. The quantitative estimate of drug-likeness (QED) is 0.895. The second kappa shape index (κ2) is 5.60. The molecular weight excluding hydrogens is 334 g/mol. The molecule has 1 amide bonds. The van der Waals surface area contributed by atoms with Gasteiger partial charge in [-0.2, -0.15) is 5.10 Å². The lowest BCUT2D eigenvalue weighted by Crippen LogP contribution is -2.59. The van der Waals surface area contributed by atoms with E-state index in [0.29, 0.717) is 10.7 Å². The van der Waals surface area contributed by atoms with Gasteiger partial charge >= 0.3 is 0 Å². The van der Waals surface area contributed by atoms with Crippen molar-refractivity contribution in [3.8, 4) is 5.69 Å². The third kappa shape index (κ3) is 2.58. The number of rotatable bonds is 3. The van der Waals surface area contributed by atoms with E-state index in [4.69, 9.17) is 11.6 Å². The number of hydrogen-bond donors (Lipinski definition) is 1. The summed E-state index contributed by atoms with van der Waals surface area (Å²) in [5.41, 5.74) is 1.33. The number of nitrogens with zero attached hydrogens (tertiary/aromatic N) is 2. The lowest BCUT2D eigenvalue weighted by atomic mass is 9.53. The molecule has 1 aromatic heterocycles. The van der Waals surface area contributed by atoms with Crippen molar-refractivity contribution in [3.05, 3.63) is 47.2 Å². The van der Waals surface area contributed by atoms with Crippen LogP contribution in [0.4, 0.5) is 0 Å². The molecular formula is C20H22ClN3O. The van der Waals surface area contributed by atoms with Crippen molar-refractivity contribution in [2.75, 3.05) is 0 Å². The summed E-state index contributed by atoms with van der Waals surface area (Å²) in [7, 11) is 0. The molecule has 0 atom stereocenters. The Morgan fingerprint density at radius 2 is 1.68 bits per heavy atom. The van der Waals surface area contributed by atoms with Crippen LogP contribution in [-0.4, -0.2) is 21.2 Å². The molecule has 4 bridgehead atoms. The predicted molar refractivity (Wildman–Crippen MR) is 96.9 cm³/mol. The Labute approximate surface area is 152 Å². The van der Waals surface area contributed by atoms with Crippen molar-refractivity contribution in [2.45, 2.75) is 44.1 Å². The molecule has 4 fully saturated rings. The van der Waals surface area contributed by atoms with Gasteiger partial charge in [0.1, 0.15) is 5.15 Å². The summed E-state index contributed by atoms with van der Waals surface area (Å²) >= 11 is 6.48. The van der Waals surface area contributed by atoms with Crippen LogP contribution >= 0.6 is 11.6 Å². The highest BCUT2D eigenvalue weighted by Crippen LogP contribution is 2.55. The van der Waals surface area contributed by atoms with E-state index < -0.39 is 0 Å². The average molecular weight is 356 g/mol. The first-order chi connectivity index (χ1) is 12.1. The maximum absolute atomic E-state index is 12.9. The monoisotopic (exact) mass is 355 g/mol. The van der Waals surface area contributed by atoms with E-state index in [1.807, 2.05) is 30.3 Å². The predicted octanol–water partition coefficient (Wildman–Crippen LogP) is 4.22. The summed E-state index contributed by atoms with van der Waals surface area (Å²) in [5.74, 6) is 2.33. The summed E-state index contributed by atoms with van der Waals surface area (Å²) in [6.45, 7) is 0. The van der Waals surface area contributed by atoms with Gasteiger partial charge in [0.25, 0.3) is 5.91 Å². The van der Waals surface area contributed by atoms with Crippen LogP contribution in [0.25, 0.3) is 5.69 Å². The SMILES string of the molecule is O=C(NC12CC3CC(CC(C3)C1)C2)c1cnn(-c2ccccc2)c1Cl. The highest BCUT2D eigenvalue weighted by atomic mass is 35.5. The summed E-state index contributed by atoms with van der Waals surface area (Å²) in [4.78, 5) is 12.9. The molecule has 130 valence electrons. The number of benzene rings is 1. The third-order valence-corrected chi connectivity index (χ3v) is 6.74. The Morgan fingerprint density at radius 1 is 1.08 bits per heavy atom. The summed E-state index contributed by atoms with van der Waals surface area (Å²) < 4.78 is 1.62. The molecule has 25 heavy (non-hydrogen) atoms. The van der Waals surface area contributed by atoms with Crippen molar-refractivity contribution < 1.29 is 4.79 Å². The molecule has 6 rings (SSSR count). The largest absolute Gasteiger partial charge is 0.346 e. The zero-order valence-corrected chi connectivity index (χ0v) is 14.9. The number of hydrogen-bond acceptors (Lipinski definition) is 2. The van der Waals surface area contributed by atoms with E-state index >= 15 is 0 Å². The van der Waals surface area contributed by atoms with E-state index in [2.05, 4.69) is 10.4 Å². The summed E-state index contributed by atoms with van der Waals surface area (Å²) in [6, 6.07) is 9.67. The van der Waals surface area contributed by atoms with Gasteiger partial charge in [0.05, 0.1) is 17.4 Å². The van der Waals surface area contributed by atoms with E-state index in [0.717, 1.165) is 42.7 Å². The van der Waals surface area contributed by atoms with E-state index in [9.17, 15) is 4.79 Å². The Balaban J connectivity index is 1.40. The zero-order chi connectivity index (χ0) is 17.0. The molecule has 4 aliphatic carbocycles. The number of carbonyl (C=O) groups is 1. The van der Waals surface area contributed by atoms with Gasteiger partial charge in [0, 0.05) is 5.54 Å². The van der Waals surface area contributed by atoms with Gasteiger partial charge in [-0.25, -0.2) is 4.68 Å². The van der Waals surface area contributed by atoms with Crippen LogP contribution in [0.5, 0.6) is 0 Å². The normalized spacial score (nSPS) is 32.8. The molecule has 5 heteroatoms. The van der Waals surface area contributed by atoms with E-state index in [-0.39, 0.29) is 11.4 Å². The standard InChI is InChI=1S/C20H22ClN3O/c21-18-17(12-22-24(18)16-4-2-1-3-5-16)19(25)23-20-9-13-6-14(10-20)8-15(7-13)11-20/h1-5,12-15H,6-11H2,(H,23,25). The number of amides is 1. The molecule has 2 aromatic rings. The molecule has 0 aliphatic heterocycles. The van der Waals surface area contributed by atoms with Gasteiger partial charge < -0.3 is 5.32 Å². The van der Waals surface area contributed by atoms with E-state index in [1.54, 1.807) is 10.9 Å². The van der Waals surface area contributed by atoms with Crippen molar-refractivity contribution >= 4 is 17.5 Å². The number of nitrogens with one attached hydrogen (secondary N) is 1.